The molecule has 0 aliphatic carbocycles. The van der Waals surface area contributed by atoms with Gasteiger partial charge in [0.25, 0.3) is 0 Å². The van der Waals surface area contributed by atoms with Crippen LogP contribution in [0.15, 0.2) is 18.2 Å². The molecular weight excluding hydrogens is 381 g/mol. The number of carbonyl (C=O) groups excluding carboxylic acids is 1. The summed E-state index contributed by atoms with van der Waals surface area (Å²) in [6, 6.07) is 3.92. The molecule has 2 aliphatic heterocycles. The number of hydrogen-bond acceptors (Lipinski definition) is 4. The van der Waals surface area contributed by atoms with Crippen molar-refractivity contribution in [3.05, 3.63) is 46.1 Å². The lowest BCUT2D eigenvalue weighted by molar-refractivity contribution is 0.206. The molecule has 2 amide bonds. The Labute approximate surface area is 168 Å². The van der Waals surface area contributed by atoms with Gasteiger partial charge in [-0.25, -0.2) is 19.2 Å². The lowest BCUT2D eigenvalue weighted by atomic mass is 10.0. The Kier molecular flexibility index (Phi) is 5.35. The molecule has 1 aromatic heterocycles. The van der Waals surface area contributed by atoms with Crippen LogP contribution < -0.4 is 10.2 Å². The maximum Gasteiger partial charge on any atom is 0.322 e. The fourth-order valence-electron chi connectivity index (χ4n) is 3.83. The van der Waals surface area contributed by atoms with Gasteiger partial charge < -0.3 is 15.1 Å². The van der Waals surface area contributed by atoms with Crippen molar-refractivity contribution in [2.75, 3.05) is 29.9 Å². The van der Waals surface area contributed by atoms with Crippen LogP contribution in [0.2, 0.25) is 5.02 Å². The van der Waals surface area contributed by atoms with Crippen LogP contribution in [0, 0.1) is 12.7 Å². The number of urea groups is 1. The molecule has 1 saturated heterocycles. The summed E-state index contributed by atoms with van der Waals surface area (Å²) in [5.41, 5.74) is 2.53. The van der Waals surface area contributed by atoms with Crippen LogP contribution in [-0.2, 0) is 13.0 Å². The van der Waals surface area contributed by atoms with E-state index in [-0.39, 0.29) is 11.1 Å². The quantitative estimate of drug-likeness (QED) is 0.817. The lowest BCUT2D eigenvalue weighted by Crippen LogP contribution is -2.41. The van der Waals surface area contributed by atoms with Crippen molar-refractivity contribution in [2.24, 2.45) is 0 Å². The van der Waals surface area contributed by atoms with Gasteiger partial charge in [0.15, 0.2) is 0 Å². The highest BCUT2D eigenvalue weighted by Gasteiger charge is 2.27. The van der Waals surface area contributed by atoms with Crippen molar-refractivity contribution < 1.29 is 9.18 Å². The largest absolute Gasteiger partial charge is 0.356 e. The number of amides is 2. The van der Waals surface area contributed by atoms with Gasteiger partial charge in [-0.3, -0.25) is 0 Å². The number of nitrogens with zero attached hydrogens (tertiary/aromatic N) is 4. The number of aryl methyl sites for hydroxylation is 1. The number of rotatable bonds is 2. The van der Waals surface area contributed by atoms with E-state index in [0.29, 0.717) is 25.2 Å². The fourth-order valence-corrected chi connectivity index (χ4v) is 4.01. The molecule has 0 atom stereocenters. The molecule has 0 unspecified atom stereocenters. The number of nitrogens with one attached hydrogen (secondary N) is 1. The standard InChI is InChI=1S/C20H23ClFN5O/c1-13-23-18-7-10-27(20(28)25-14-5-6-17(22)16(21)11-14)12-15(18)19(24-13)26-8-3-2-4-9-26/h5-6,11H,2-4,7-10,12H2,1H3,(H,25,28). The molecule has 1 aromatic carbocycles. The van der Waals surface area contributed by atoms with Gasteiger partial charge in [-0.05, 0) is 44.4 Å². The van der Waals surface area contributed by atoms with Gasteiger partial charge in [0, 0.05) is 37.3 Å². The van der Waals surface area contributed by atoms with Gasteiger partial charge in [-0.15, -0.1) is 0 Å². The van der Waals surface area contributed by atoms with Crippen LogP contribution >= 0.6 is 11.6 Å². The number of benzene rings is 1. The molecule has 0 radical (unpaired) electrons. The average molecular weight is 404 g/mol. The molecule has 2 aromatic rings. The molecule has 1 N–H and O–H groups in total. The van der Waals surface area contributed by atoms with Gasteiger partial charge in [-0.1, -0.05) is 11.6 Å². The Morgan fingerprint density at radius 2 is 1.96 bits per heavy atom. The number of aromatic nitrogens is 2. The predicted octanol–water partition coefficient (Wildman–Crippen LogP) is 4.16. The maximum absolute atomic E-state index is 13.3. The number of anilines is 2. The van der Waals surface area contributed by atoms with Crippen molar-refractivity contribution >= 4 is 29.1 Å². The van der Waals surface area contributed by atoms with Gasteiger partial charge in [0.1, 0.15) is 17.5 Å². The summed E-state index contributed by atoms with van der Waals surface area (Å²) in [6.07, 6.45) is 4.26. The number of piperidine rings is 1. The SMILES string of the molecule is Cc1nc2c(c(N3CCCCC3)n1)CN(C(=O)Nc1ccc(F)c(Cl)c1)CC2. The van der Waals surface area contributed by atoms with Crippen LogP contribution in [-0.4, -0.2) is 40.5 Å². The summed E-state index contributed by atoms with van der Waals surface area (Å²) in [7, 11) is 0. The maximum atomic E-state index is 13.3. The second-order valence-corrected chi connectivity index (χ2v) is 7.71. The Hall–Kier alpha value is -2.41. The molecule has 8 heteroatoms. The normalized spacial score (nSPS) is 16.7. The zero-order chi connectivity index (χ0) is 19.7. The molecule has 148 valence electrons. The third-order valence-electron chi connectivity index (χ3n) is 5.26. The smallest absolute Gasteiger partial charge is 0.322 e. The Morgan fingerprint density at radius 1 is 1.18 bits per heavy atom. The van der Waals surface area contributed by atoms with E-state index in [1.807, 2.05) is 6.92 Å². The Morgan fingerprint density at radius 3 is 2.71 bits per heavy atom. The second-order valence-electron chi connectivity index (χ2n) is 7.30. The van der Waals surface area contributed by atoms with Crippen molar-refractivity contribution in [3.8, 4) is 0 Å². The first kappa shape index (κ1) is 18.9. The van der Waals surface area contributed by atoms with Crippen molar-refractivity contribution in [1.29, 1.82) is 0 Å². The Balaban J connectivity index is 1.54. The van der Waals surface area contributed by atoms with E-state index in [1.165, 1.54) is 24.6 Å². The zero-order valence-electron chi connectivity index (χ0n) is 15.8. The average Bonchev–Trinajstić information content (AvgIpc) is 2.70. The van der Waals surface area contributed by atoms with Crippen LogP contribution in [0.5, 0.6) is 0 Å². The monoisotopic (exact) mass is 403 g/mol. The first-order chi connectivity index (χ1) is 13.5. The zero-order valence-corrected chi connectivity index (χ0v) is 16.6. The van der Waals surface area contributed by atoms with Crippen LogP contribution in [0.1, 0.15) is 36.3 Å². The molecule has 4 rings (SSSR count). The van der Waals surface area contributed by atoms with E-state index in [2.05, 4.69) is 15.2 Å². The first-order valence-corrected chi connectivity index (χ1v) is 10.0. The predicted molar refractivity (Wildman–Crippen MR) is 107 cm³/mol. The summed E-state index contributed by atoms with van der Waals surface area (Å²) >= 11 is 5.81. The number of fused-ring (bicyclic) bond motifs is 1. The third kappa shape index (κ3) is 3.90. The highest BCUT2D eigenvalue weighted by atomic mass is 35.5. The molecule has 1 fully saturated rings. The molecule has 28 heavy (non-hydrogen) atoms. The van der Waals surface area contributed by atoms with Crippen molar-refractivity contribution in [2.45, 2.75) is 39.2 Å². The van der Waals surface area contributed by atoms with E-state index < -0.39 is 5.82 Å². The Bertz CT molecular complexity index is 900. The molecule has 6 nitrogen and oxygen atoms in total. The minimum Gasteiger partial charge on any atom is -0.356 e. The summed E-state index contributed by atoms with van der Waals surface area (Å²) in [6.45, 7) is 4.93. The van der Waals surface area contributed by atoms with E-state index >= 15 is 0 Å². The number of hydrogen-bond donors (Lipinski definition) is 1. The third-order valence-corrected chi connectivity index (χ3v) is 5.55. The van der Waals surface area contributed by atoms with E-state index in [9.17, 15) is 9.18 Å². The summed E-state index contributed by atoms with van der Waals surface area (Å²) < 4.78 is 13.3. The summed E-state index contributed by atoms with van der Waals surface area (Å²) in [5.74, 6) is 1.23. The lowest BCUT2D eigenvalue weighted by Gasteiger charge is -2.34. The summed E-state index contributed by atoms with van der Waals surface area (Å²) in [5, 5.41) is 2.79. The number of carbonyl (C=O) groups is 1. The molecular formula is C20H23ClFN5O. The van der Waals surface area contributed by atoms with Gasteiger partial charge in [0.2, 0.25) is 0 Å². The van der Waals surface area contributed by atoms with Crippen LogP contribution in [0.3, 0.4) is 0 Å². The first-order valence-electron chi connectivity index (χ1n) is 9.63. The molecule has 0 bridgehead atoms. The molecule has 3 heterocycles. The van der Waals surface area contributed by atoms with E-state index in [4.69, 9.17) is 16.6 Å². The van der Waals surface area contributed by atoms with Crippen molar-refractivity contribution in [1.82, 2.24) is 14.9 Å². The van der Waals surface area contributed by atoms with Crippen molar-refractivity contribution in [3.63, 3.8) is 0 Å². The second kappa shape index (κ2) is 7.91. The molecule has 0 saturated carbocycles. The topological polar surface area (TPSA) is 61.4 Å². The molecule has 0 spiro atoms. The fraction of sp³-hybridized carbons (Fsp3) is 0.450. The van der Waals surface area contributed by atoms with E-state index in [1.54, 1.807) is 4.90 Å². The van der Waals surface area contributed by atoms with E-state index in [0.717, 1.165) is 48.8 Å². The highest BCUT2D eigenvalue weighted by Crippen LogP contribution is 2.29. The van der Waals surface area contributed by atoms with Crippen LogP contribution in [0.25, 0.3) is 0 Å². The van der Waals surface area contributed by atoms with Gasteiger partial charge in [-0.2, -0.15) is 0 Å². The minimum absolute atomic E-state index is 0.0157. The number of halogens is 2. The minimum atomic E-state index is -0.509. The van der Waals surface area contributed by atoms with Gasteiger partial charge in [0.05, 0.1) is 17.3 Å². The molecule has 2 aliphatic rings. The summed E-state index contributed by atoms with van der Waals surface area (Å²) in [4.78, 5) is 26.1. The van der Waals surface area contributed by atoms with Crippen LogP contribution in [0.4, 0.5) is 20.7 Å². The van der Waals surface area contributed by atoms with Gasteiger partial charge >= 0.3 is 6.03 Å². The highest BCUT2D eigenvalue weighted by molar-refractivity contribution is 6.31.